The minimum atomic E-state index is 0.525. The summed E-state index contributed by atoms with van der Waals surface area (Å²) in [5.74, 6) is 0. The molecule has 0 spiro atoms. The van der Waals surface area contributed by atoms with Crippen LogP contribution in [0.1, 0.15) is 72.1 Å². The van der Waals surface area contributed by atoms with Gasteiger partial charge >= 0.3 is 0 Å². The summed E-state index contributed by atoms with van der Waals surface area (Å²) < 4.78 is 0. The fraction of sp³-hybridized carbons (Fsp3) is 1.00. The SMILES string of the molecule is CCC1(CNC2CCCCC2(C)C)CCC1. The molecular formula is C15H29N. The first kappa shape index (κ1) is 12.4. The van der Waals surface area contributed by atoms with Gasteiger partial charge in [-0.25, -0.2) is 0 Å². The Bertz CT molecular complexity index is 222. The molecular weight excluding hydrogens is 194 g/mol. The summed E-state index contributed by atoms with van der Waals surface area (Å²) in [7, 11) is 0. The maximum Gasteiger partial charge on any atom is 0.0118 e. The Morgan fingerprint density at radius 2 is 1.81 bits per heavy atom. The van der Waals surface area contributed by atoms with Crippen molar-refractivity contribution in [3.63, 3.8) is 0 Å². The van der Waals surface area contributed by atoms with Crippen molar-refractivity contribution in [2.45, 2.75) is 78.2 Å². The highest BCUT2D eigenvalue weighted by Crippen LogP contribution is 2.44. The Kier molecular flexibility index (Phi) is 3.63. The van der Waals surface area contributed by atoms with E-state index in [1.54, 1.807) is 0 Å². The van der Waals surface area contributed by atoms with Crippen LogP contribution in [0, 0.1) is 10.8 Å². The smallest absolute Gasteiger partial charge is 0.0118 e. The third-order valence-electron chi connectivity index (χ3n) is 5.39. The Hall–Kier alpha value is -0.0400. The standard InChI is InChI=1S/C15H29N/c1-4-15(10-7-11-15)12-16-13-8-5-6-9-14(13,2)3/h13,16H,4-12H2,1-3H3. The lowest BCUT2D eigenvalue weighted by atomic mass is 9.66. The summed E-state index contributed by atoms with van der Waals surface area (Å²) in [5.41, 5.74) is 1.20. The van der Waals surface area contributed by atoms with Gasteiger partial charge in [-0.2, -0.15) is 0 Å². The molecule has 2 rings (SSSR count). The maximum absolute atomic E-state index is 3.91. The summed E-state index contributed by atoms with van der Waals surface area (Å²) in [6.07, 6.45) is 11.4. The molecule has 0 saturated heterocycles. The van der Waals surface area contributed by atoms with Gasteiger partial charge in [0.15, 0.2) is 0 Å². The average molecular weight is 223 g/mol. The van der Waals surface area contributed by atoms with Crippen molar-refractivity contribution in [1.29, 1.82) is 0 Å². The minimum Gasteiger partial charge on any atom is -0.313 e. The van der Waals surface area contributed by atoms with E-state index in [0.29, 0.717) is 10.8 Å². The molecule has 2 aliphatic rings. The Morgan fingerprint density at radius 1 is 1.06 bits per heavy atom. The molecule has 0 radical (unpaired) electrons. The van der Waals surface area contributed by atoms with E-state index in [-0.39, 0.29) is 0 Å². The predicted octanol–water partition coefficient (Wildman–Crippen LogP) is 4.13. The van der Waals surface area contributed by atoms with Crippen molar-refractivity contribution >= 4 is 0 Å². The second kappa shape index (κ2) is 4.68. The van der Waals surface area contributed by atoms with Crippen LogP contribution in [-0.2, 0) is 0 Å². The monoisotopic (exact) mass is 223 g/mol. The Balaban J connectivity index is 1.84. The van der Waals surface area contributed by atoms with Crippen molar-refractivity contribution < 1.29 is 0 Å². The highest BCUT2D eigenvalue weighted by molar-refractivity contribution is 4.93. The lowest BCUT2D eigenvalue weighted by Gasteiger charge is -2.46. The van der Waals surface area contributed by atoms with Crippen molar-refractivity contribution in [2.24, 2.45) is 10.8 Å². The third kappa shape index (κ3) is 2.45. The Labute approximate surface area is 101 Å². The van der Waals surface area contributed by atoms with Gasteiger partial charge in [-0.3, -0.25) is 0 Å². The molecule has 0 amide bonds. The molecule has 2 aliphatic carbocycles. The zero-order chi connectivity index (χ0) is 11.6. The molecule has 1 N–H and O–H groups in total. The van der Waals surface area contributed by atoms with E-state index in [1.165, 1.54) is 57.9 Å². The molecule has 1 nitrogen and oxygen atoms in total. The first-order valence-electron chi connectivity index (χ1n) is 7.31. The van der Waals surface area contributed by atoms with Crippen LogP contribution in [0.5, 0.6) is 0 Å². The van der Waals surface area contributed by atoms with E-state index < -0.39 is 0 Å². The zero-order valence-electron chi connectivity index (χ0n) is 11.4. The number of nitrogens with one attached hydrogen (secondary N) is 1. The quantitative estimate of drug-likeness (QED) is 0.756. The lowest BCUT2D eigenvalue weighted by molar-refractivity contribution is 0.0911. The minimum absolute atomic E-state index is 0.525. The molecule has 94 valence electrons. The molecule has 0 aliphatic heterocycles. The van der Waals surface area contributed by atoms with Gasteiger partial charge in [0.05, 0.1) is 0 Å². The third-order valence-corrected chi connectivity index (χ3v) is 5.39. The average Bonchev–Trinajstić information content (AvgIpc) is 2.19. The largest absolute Gasteiger partial charge is 0.313 e. The fourth-order valence-corrected chi connectivity index (χ4v) is 3.54. The maximum atomic E-state index is 3.91. The van der Waals surface area contributed by atoms with Crippen LogP contribution in [-0.4, -0.2) is 12.6 Å². The normalized spacial score (nSPS) is 32.1. The van der Waals surface area contributed by atoms with Crippen molar-refractivity contribution in [3.8, 4) is 0 Å². The molecule has 2 fully saturated rings. The zero-order valence-corrected chi connectivity index (χ0v) is 11.4. The second-order valence-electron chi connectivity index (χ2n) is 6.87. The molecule has 1 unspecified atom stereocenters. The lowest BCUT2D eigenvalue weighted by Crippen LogP contribution is -2.49. The van der Waals surface area contributed by atoms with Gasteiger partial charge in [-0.15, -0.1) is 0 Å². The van der Waals surface area contributed by atoms with Crippen LogP contribution in [0.15, 0.2) is 0 Å². The molecule has 0 aromatic heterocycles. The van der Waals surface area contributed by atoms with Crippen LogP contribution in [0.3, 0.4) is 0 Å². The van der Waals surface area contributed by atoms with Crippen LogP contribution < -0.4 is 5.32 Å². The van der Waals surface area contributed by atoms with E-state index in [9.17, 15) is 0 Å². The molecule has 0 aromatic carbocycles. The van der Waals surface area contributed by atoms with E-state index >= 15 is 0 Å². The van der Waals surface area contributed by atoms with E-state index in [0.717, 1.165) is 6.04 Å². The van der Waals surface area contributed by atoms with Gasteiger partial charge in [0.2, 0.25) is 0 Å². The summed E-state index contributed by atoms with van der Waals surface area (Å²) in [5, 5.41) is 3.91. The summed E-state index contributed by atoms with van der Waals surface area (Å²) in [6, 6.07) is 0.769. The van der Waals surface area contributed by atoms with Crippen LogP contribution >= 0.6 is 0 Å². The highest BCUT2D eigenvalue weighted by atomic mass is 14.9. The Morgan fingerprint density at radius 3 is 2.31 bits per heavy atom. The van der Waals surface area contributed by atoms with Crippen LogP contribution in [0.2, 0.25) is 0 Å². The molecule has 1 atom stereocenters. The van der Waals surface area contributed by atoms with Crippen molar-refractivity contribution in [3.05, 3.63) is 0 Å². The summed E-state index contributed by atoms with van der Waals surface area (Å²) in [6.45, 7) is 8.54. The first-order valence-corrected chi connectivity index (χ1v) is 7.31. The number of hydrogen-bond acceptors (Lipinski definition) is 1. The van der Waals surface area contributed by atoms with Gasteiger partial charge in [0.25, 0.3) is 0 Å². The fourth-order valence-electron chi connectivity index (χ4n) is 3.54. The molecule has 16 heavy (non-hydrogen) atoms. The molecule has 0 bridgehead atoms. The molecule has 1 heteroatoms. The van der Waals surface area contributed by atoms with E-state index in [1.807, 2.05) is 0 Å². The van der Waals surface area contributed by atoms with Gasteiger partial charge in [-0.05, 0) is 42.9 Å². The highest BCUT2D eigenvalue weighted by Gasteiger charge is 2.38. The summed E-state index contributed by atoms with van der Waals surface area (Å²) >= 11 is 0. The van der Waals surface area contributed by atoms with Gasteiger partial charge in [0, 0.05) is 12.6 Å². The van der Waals surface area contributed by atoms with Gasteiger partial charge < -0.3 is 5.32 Å². The van der Waals surface area contributed by atoms with Crippen LogP contribution in [0.4, 0.5) is 0 Å². The molecule has 2 saturated carbocycles. The topological polar surface area (TPSA) is 12.0 Å². The first-order chi connectivity index (χ1) is 7.58. The molecule has 0 heterocycles. The van der Waals surface area contributed by atoms with Crippen LogP contribution in [0.25, 0.3) is 0 Å². The predicted molar refractivity (Wildman–Crippen MR) is 70.6 cm³/mol. The van der Waals surface area contributed by atoms with Crippen molar-refractivity contribution in [2.75, 3.05) is 6.54 Å². The van der Waals surface area contributed by atoms with E-state index in [2.05, 4.69) is 26.1 Å². The number of hydrogen-bond donors (Lipinski definition) is 1. The van der Waals surface area contributed by atoms with Gasteiger partial charge in [-0.1, -0.05) is 40.0 Å². The van der Waals surface area contributed by atoms with Gasteiger partial charge in [0.1, 0.15) is 0 Å². The van der Waals surface area contributed by atoms with Crippen molar-refractivity contribution in [1.82, 2.24) is 5.32 Å². The second-order valence-corrected chi connectivity index (χ2v) is 6.87. The number of rotatable bonds is 4. The summed E-state index contributed by atoms with van der Waals surface area (Å²) in [4.78, 5) is 0. The van der Waals surface area contributed by atoms with E-state index in [4.69, 9.17) is 0 Å². The molecule has 0 aromatic rings.